The smallest absolute Gasteiger partial charge is 0.246 e. The Balaban J connectivity index is 0. The van der Waals surface area contributed by atoms with Gasteiger partial charge in [0.2, 0.25) is 21.9 Å². The van der Waals surface area contributed by atoms with E-state index in [4.69, 9.17) is 11.5 Å². The molecule has 0 saturated carbocycles. The third-order valence-corrected chi connectivity index (χ3v) is 4.43. The number of carbonyl (C=O) groups excluding carboxylic acids is 1. The molecule has 154 valence electrons. The summed E-state index contributed by atoms with van der Waals surface area (Å²) in [6.45, 7) is 4.41. The van der Waals surface area contributed by atoms with Gasteiger partial charge in [0.25, 0.3) is 0 Å². The molecule has 1 heterocycles. The number of rotatable bonds is 8. The summed E-state index contributed by atoms with van der Waals surface area (Å²) < 4.78 is 23.7. The zero-order chi connectivity index (χ0) is 19.3. The van der Waals surface area contributed by atoms with Gasteiger partial charge < -0.3 is 16.4 Å². The first-order valence-electron chi connectivity index (χ1n) is 8.33. The molecule has 1 unspecified atom stereocenters. The molecular formula is C15H32ClN5O3S2. The lowest BCUT2D eigenvalue weighted by Gasteiger charge is -2.16. The maximum absolute atomic E-state index is 11.7. The van der Waals surface area contributed by atoms with Crippen LogP contribution in [0.2, 0.25) is 0 Å². The fraction of sp³-hybridized carbons (Fsp3) is 0.733. The molecule has 0 aliphatic carbocycles. The third-order valence-electron chi connectivity index (χ3n) is 3.11. The molecule has 0 aromatic rings. The van der Waals surface area contributed by atoms with E-state index >= 15 is 0 Å². The number of guanidine groups is 1. The summed E-state index contributed by atoms with van der Waals surface area (Å²) in [5.74, 6) is -0.0490. The molecular weight excluding hydrogens is 398 g/mol. The van der Waals surface area contributed by atoms with Crippen LogP contribution in [0, 0.1) is 0 Å². The number of thioether (sulfide) groups is 1. The van der Waals surface area contributed by atoms with E-state index in [2.05, 4.69) is 18.8 Å². The molecule has 1 aliphatic rings. The average molecular weight is 430 g/mol. The van der Waals surface area contributed by atoms with E-state index in [9.17, 15) is 13.2 Å². The number of amides is 1. The summed E-state index contributed by atoms with van der Waals surface area (Å²) >= 11 is 1.48. The molecule has 0 radical (unpaired) electrons. The maximum atomic E-state index is 11.7. The summed E-state index contributed by atoms with van der Waals surface area (Å²) in [4.78, 5) is 16.9. The molecule has 1 amide bonds. The first-order valence-corrected chi connectivity index (χ1v) is 11.3. The Bertz CT molecular complexity index is 551. The summed E-state index contributed by atoms with van der Waals surface area (Å²) in [6.07, 6.45) is 9.59. The summed E-state index contributed by atoms with van der Waals surface area (Å²) in [6, 6.07) is -0.853. The fourth-order valence-corrected chi connectivity index (χ4v) is 2.94. The van der Waals surface area contributed by atoms with Crippen LogP contribution in [0.1, 0.15) is 46.0 Å². The Labute approximate surface area is 167 Å². The highest BCUT2D eigenvalue weighted by Gasteiger charge is 2.21. The molecule has 0 saturated heterocycles. The second-order valence-electron chi connectivity index (χ2n) is 5.66. The van der Waals surface area contributed by atoms with Crippen LogP contribution in [0.3, 0.4) is 0 Å². The number of nitrogens with two attached hydrogens (primary N) is 2. The molecule has 0 fully saturated rings. The second kappa shape index (κ2) is 15.1. The van der Waals surface area contributed by atoms with E-state index < -0.39 is 16.1 Å². The van der Waals surface area contributed by atoms with Gasteiger partial charge in [0.1, 0.15) is 6.04 Å². The van der Waals surface area contributed by atoms with Crippen molar-refractivity contribution in [3.8, 4) is 0 Å². The molecule has 8 nitrogen and oxygen atoms in total. The molecule has 0 bridgehead atoms. The van der Waals surface area contributed by atoms with Crippen molar-refractivity contribution in [2.45, 2.75) is 52.0 Å². The number of aliphatic imine (C=N–C) groups is 1. The summed E-state index contributed by atoms with van der Waals surface area (Å²) in [7, 11) is -3.46. The highest BCUT2D eigenvalue weighted by Crippen LogP contribution is 2.15. The highest BCUT2D eigenvalue weighted by atomic mass is 35.5. The lowest BCUT2D eigenvalue weighted by Crippen LogP contribution is -2.43. The number of nitrogens with one attached hydrogen (secondary N) is 1. The first kappa shape index (κ1) is 27.3. The van der Waals surface area contributed by atoms with Crippen LogP contribution in [0.4, 0.5) is 0 Å². The predicted octanol–water partition coefficient (Wildman–Crippen LogP) is 1.58. The quantitative estimate of drug-likeness (QED) is 0.305. The minimum atomic E-state index is -3.46. The van der Waals surface area contributed by atoms with Crippen LogP contribution < -0.4 is 16.2 Å². The van der Waals surface area contributed by atoms with E-state index in [1.807, 2.05) is 4.72 Å². The third kappa shape index (κ3) is 14.2. The lowest BCUT2D eigenvalue weighted by molar-refractivity contribution is -0.128. The molecule has 5 N–H and O–H groups in total. The summed E-state index contributed by atoms with van der Waals surface area (Å²) in [5, 5.41) is 1.79. The molecule has 0 aromatic heterocycles. The number of unbranched alkanes of at least 4 members (excludes halogenated alkanes) is 4. The standard InChI is InChI=1S/C8H15N5O3S2.C7H16.ClH/c1-18(15,16)12-8(10)11-4-6(9)7(14)13-2-3-17-5-13;1-3-5-7-6-4-2;/h2-3,6H,4-5,9H2,1H3,(H3,10,11,12);3-7H2,1-2H3;1H. The minimum Gasteiger partial charge on any atom is -0.369 e. The minimum absolute atomic E-state index is 0. The van der Waals surface area contributed by atoms with Crippen LogP contribution in [-0.2, 0) is 14.8 Å². The largest absolute Gasteiger partial charge is 0.369 e. The normalized spacial score (nSPS) is 14.9. The molecule has 1 rings (SSSR count). The van der Waals surface area contributed by atoms with Crippen LogP contribution in [-0.4, -0.2) is 49.9 Å². The molecule has 1 aliphatic heterocycles. The van der Waals surface area contributed by atoms with Crippen molar-refractivity contribution >= 4 is 46.1 Å². The Morgan fingerprint density at radius 1 is 1.31 bits per heavy atom. The van der Waals surface area contributed by atoms with Gasteiger partial charge in [-0.05, 0) is 5.41 Å². The van der Waals surface area contributed by atoms with Crippen LogP contribution in [0.15, 0.2) is 16.6 Å². The second-order valence-corrected chi connectivity index (χ2v) is 8.27. The Hall–Kier alpha value is -0.970. The number of halogens is 1. The van der Waals surface area contributed by atoms with Crippen LogP contribution in [0.25, 0.3) is 0 Å². The van der Waals surface area contributed by atoms with Gasteiger partial charge in [0.05, 0.1) is 18.7 Å². The van der Waals surface area contributed by atoms with Gasteiger partial charge in [0.15, 0.2) is 0 Å². The van der Waals surface area contributed by atoms with Gasteiger partial charge in [-0.1, -0.05) is 46.0 Å². The van der Waals surface area contributed by atoms with E-state index in [0.29, 0.717) is 5.88 Å². The van der Waals surface area contributed by atoms with Gasteiger partial charge in [-0.3, -0.25) is 14.5 Å². The lowest BCUT2D eigenvalue weighted by atomic mass is 10.2. The van der Waals surface area contributed by atoms with Crippen molar-refractivity contribution in [3.63, 3.8) is 0 Å². The number of hydrogen-bond acceptors (Lipinski definition) is 6. The van der Waals surface area contributed by atoms with Gasteiger partial charge in [0, 0.05) is 6.20 Å². The molecule has 26 heavy (non-hydrogen) atoms. The van der Waals surface area contributed by atoms with E-state index in [-0.39, 0.29) is 30.8 Å². The SMILES string of the molecule is CCCCCCC.CS(=O)(=O)NC(N)=NCC(N)C(=O)N1C=CSC1.Cl. The monoisotopic (exact) mass is 429 g/mol. The maximum Gasteiger partial charge on any atom is 0.246 e. The van der Waals surface area contributed by atoms with Crippen LogP contribution >= 0.6 is 24.2 Å². The van der Waals surface area contributed by atoms with Crippen molar-refractivity contribution in [2.75, 3.05) is 18.7 Å². The topological polar surface area (TPSA) is 131 Å². The summed E-state index contributed by atoms with van der Waals surface area (Å²) in [5.41, 5.74) is 11.0. The van der Waals surface area contributed by atoms with Gasteiger partial charge in [-0.25, -0.2) is 8.42 Å². The van der Waals surface area contributed by atoms with Crippen molar-refractivity contribution in [2.24, 2.45) is 16.5 Å². The molecule has 0 spiro atoms. The zero-order valence-corrected chi connectivity index (χ0v) is 18.1. The predicted molar refractivity (Wildman–Crippen MR) is 113 cm³/mol. The molecule has 0 aromatic carbocycles. The van der Waals surface area contributed by atoms with Crippen molar-refractivity contribution in [1.82, 2.24) is 9.62 Å². The van der Waals surface area contributed by atoms with E-state index in [1.165, 1.54) is 48.8 Å². The molecule has 1 atom stereocenters. The fourth-order valence-electron chi connectivity index (χ4n) is 1.81. The number of hydrogen-bond donors (Lipinski definition) is 3. The highest BCUT2D eigenvalue weighted by molar-refractivity contribution is 8.02. The number of nitrogens with zero attached hydrogens (tertiary/aromatic N) is 2. The van der Waals surface area contributed by atoms with Crippen molar-refractivity contribution in [1.29, 1.82) is 0 Å². The van der Waals surface area contributed by atoms with Gasteiger partial charge in [-0.15, -0.1) is 24.2 Å². The molecule has 11 heteroatoms. The zero-order valence-electron chi connectivity index (χ0n) is 15.7. The van der Waals surface area contributed by atoms with Crippen molar-refractivity contribution in [3.05, 3.63) is 11.6 Å². The van der Waals surface area contributed by atoms with E-state index in [0.717, 1.165) is 6.26 Å². The Morgan fingerprint density at radius 3 is 2.31 bits per heavy atom. The average Bonchev–Trinajstić information content (AvgIpc) is 3.06. The van der Waals surface area contributed by atoms with Gasteiger partial charge >= 0.3 is 0 Å². The van der Waals surface area contributed by atoms with E-state index in [1.54, 1.807) is 11.6 Å². The Morgan fingerprint density at radius 2 is 1.88 bits per heavy atom. The number of sulfonamides is 1. The first-order chi connectivity index (χ1) is 11.7. The van der Waals surface area contributed by atoms with Crippen molar-refractivity contribution < 1.29 is 13.2 Å². The Kier molecular flexibility index (Phi) is 15.9. The van der Waals surface area contributed by atoms with Crippen LogP contribution in [0.5, 0.6) is 0 Å². The number of carbonyl (C=O) groups is 1. The van der Waals surface area contributed by atoms with Gasteiger partial charge in [-0.2, -0.15) is 0 Å².